The summed E-state index contributed by atoms with van der Waals surface area (Å²) in [5, 5.41) is 3.83. The average molecular weight is 470 g/mol. The van der Waals surface area contributed by atoms with Crippen LogP contribution < -0.4 is 5.32 Å². The normalized spacial score (nSPS) is 19.8. The minimum absolute atomic E-state index is 0.399. The number of benzene rings is 4. The van der Waals surface area contributed by atoms with Crippen LogP contribution in [0.1, 0.15) is 28.7 Å². The highest BCUT2D eigenvalue weighted by Gasteiger charge is 2.53. The van der Waals surface area contributed by atoms with E-state index in [0.717, 1.165) is 11.4 Å². The number of allylic oxidation sites excluding steroid dienone is 1. The van der Waals surface area contributed by atoms with Crippen LogP contribution in [0, 0.1) is 0 Å². The molecule has 1 atom stereocenters. The number of hydrogen-bond acceptors (Lipinski definition) is 3. The van der Waals surface area contributed by atoms with E-state index >= 15 is 0 Å². The van der Waals surface area contributed by atoms with Crippen LogP contribution in [-0.2, 0) is 14.9 Å². The van der Waals surface area contributed by atoms with Gasteiger partial charge in [0.15, 0.2) is 5.72 Å². The molecule has 0 fully saturated rings. The lowest BCUT2D eigenvalue weighted by Crippen LogP contribution is -2.40. The van der Waals surface area contributed by atoms with Crippen LogP contribution >= 0.6 is 0 Å². The fourth-order valence-corrected chi connectivity index (χ4v) is 6.54. The third-order valence-corrected chi connectivity index (χ3v) is 8.08. The summed E-state index contributed by atoms with van der Waals surface area (Å²) in [4.78, 5) is 0. The van der Waals surface area contributed by atoms with E-state index in [1.54, 1.807) is 14.2 Å². The van der Waals surface area contributed by atoms with Crippen LogP contribution in [0.5, 0.6) is 0 Å². The fraction of sp³-hybridized carbons (Fsp3) is 0.152. The summed E-state index contributed by atoms with van der Waals surface area (Å²) in [5.74, 6) is 0.852. The minimum atomic E-state index is -0.662. The molecule has 1 N–H and O–H groups in total. The van der Waals surface area contributed by atoms with Gasteiger partial charge in [0.25, 0.3) is 0 Å². The van der Waals surface area contributed by atoms with Gasteiger partial charge in [0, 0.05) is 24.8 Å². The van der Waals surface area contributed by atoms with Gasteiger partial charge in [-0.05, 0) is 63.2 Å². The van der Waals surface area contributed by atoms with Crippen LogP contribution in [0.4, 0.5) is 5.69 Å². The molecule has 3 aliphatic rings. The Bertz CT molecular complexity index is 1520. The molecule has 0 saturated carbocycles. The molecule has 3 aliphatic carbocycles. The number of fused-ring (bicyclic) bond motifs is 10. The molecule has 0 bridgehead atoms. The van der Waals surface area contributed by atoms with E-state index in [2.05, 4.69) is 108 Å². The summed E-state index contributed by atoms with van der Waals surface area (Å²) in [6.45, 7) is 0. The summed E-state index contributed by atoms with van der Waals surface area (Å²) in [6.07, 6.45) is 6.79. The maximum atomic E-state index is 6.10. The first-order chi connectivity index (χ1) is 17.7. The van der Waals surface area contributed by atoms with Crippen LogP contribution in [-0.4, -0.2) is 19.9 Å². The standard InChI is InChI=1S/C33H27NO2/c1-35-22-18-20-32(36-2,21-19-22)34-30-17-9-13-26-25-12-5-8-16-29(25)33(31(26)30)27-14-6-3-10-23(27)24-11-4-7-15-28(24)33/h3-20,34H,21H2,1-2H3. The third-order valence-electron chi connectivity index (χ3n) is 8.08. The molecule has 0 heterocycles. The molecule has 1 spiro atoms. The lowest BCUT2D eigenvalue weighted by molar-refractivity contribution is 0.0565. The largest absolute Gasteiger partial charge is 0.497 e. The predicted octanol–water partition coefficient (Wildman–Crippen LogP) is 7.27. The van der Waals surface area contributed by atoms with E-state index in [1.165, 1.54) is 44.5 Å². The highest BCUT2D eigenvalue weighted by Crippen LogP contribution is 2.64. The number of methoxy groups -OCH3 is 2. The van der Waals surface area contributed by atoms with Gasteiger partial charge in [-0.3, -0.25) is 0 Å². The molecule has 0 saturated heterocycles. The van der Waals surface area contributed by atoms with E-state index in [-0.39, 0.29) is 0 Å². The van der Waals surface area contributed by atoms with Crippen LogP contribution in [0.15, 0.2) is 115 Å². The second-order valence-corrected chi connectivity index (χ2v) is 9.68. The molecule has 0 aliphatic heterocycles. The van der Waals surface area contributed by atoms with Crippen molar-refractivity contribution in [1.82, 2.24) is 0 Å². The lowest BCUT2D eigenvalue weighted by Gasteiger charge is -2.37. The molecule has 1 unspecified atom stereocenters. The Morgan fingerprint density at radius 2 is 1.22 bits per heavy atom. The van der Waals surface area contributed by atoms with Crippen molar-refractivity contribution in [2.75, 3.05) is 19.5 Å². The monoisotopic (exact) mass is 469 g/mol. The van der Waals surface area contributed by atoms with Gasteiger partial charge in [0.1, 0.15) is 5.76 Å². The van der Waals surface area contributed by atoms with Crippen LogP contribution in [0.25, 0.3) is 22.3 Å². The van der Waals surface area contributed by atoms with Crippen molar-refractivity contribution in [2.24, 2.45) is 0 Å². The van der Waals surface area contributed by atoms with Crippen LogP contribution in [0.3, 0.4) is 0 Å². The Morgan fingerprint density at radius 3 is 1.75 bits per heavy atom. The zero-order valence-electron chi connectivity index (χ0n) is 20.4. The van der Waals surface area contributed by atoms with Crippen molar-refractivity contribution >= 4 is 5.69 Å². The summed E-state index contributed by atoms with van der Waals surface area (Å²) in [5.41, 5.74) is 10.5. The van der Waals surface area contributed by atoms with Crippen molar-refractivity contribution in [3.8, 4) is 22.3 Å². The van der Waals surface area contributed by atoms with Crippen LogP contribution in [0.2, 0.25) is 0 Å². The van der Waals surface area contributed by atoms with Gasteiger partial charge >= 0.3 is 0 Å². The minimum Gasteiger partial charge on any atom is -0.497 e. The average Bonchev–Trinajstić information content (AvgIpc) is 3.41. The summed E-state index contributed by atoms with van der Waals surface area (Å²) < 4.78 is 11.5. The SMILES string of the molecule is COC1=CCC(Nc2cccc3c2C2(c4ccccc4-c4ccccc42)c2ccccc2-3)(OC)C=C1. The summed E-state index contributed by atoms with van der Waals surface area (Å²) in [7, 11) is 3.46. The lowest BCUT2D eigenvalue weighted by atomic mass is 9.70. The number of ether oxygens (including phenoxy) is 2. The molecule has 0 aromatic heterocycles. The molecular formula is C33H27NO2. The number of nitrogens with one attached hydrogen (secondary N) is 1. The van der Waals surface area contributed by atoms with E-state index in [9.17, 15) is 0 Å². The topological polar surface area (TPSA) is 30.5 Å². The first-order valence-corrected chi connectivity index (χ1v) is 12.4. The molecule has 7 rings (SSSR count). The van der Waals surface area contributed by atoms with E-state index < -0.39 is 11.1 Å². The first-order valence-electron chi connectivity index (χ1n) is 12.4. The van der Waals surface area contributed by atoms with Crippen molar-refractivity contribution in [3.05, 3.63) is 137 Å². The van der Waals surface area contributed by atoms with Gasteiger partial charge < -0.3 is 14.8 Å². The van der Waals surface area contributed by atoms with Gasteiger partial charge in [-0.25, -0.2) is 0 Å². The van der Waals surface area contributed by atoms with Gasteiger partial charge in [-0.2, -0.15) is 0 Å². The second-order valence-electron chi connectivity index (χ2n) is 9.68. The van der Waals surface area contributed by atoms with Gasteiger partial charge in [-0.1, -0.05) is 84.9 Å². The fourth-order valence-electron chi connectivity index (χ4n) is 6.54. The maximum Gasteiger partial charge on any atom is 0.161 e. The molecular weight excluding hydrogens is 442 g/mol. The van der Waals surface area contributed by atoms with Gasteiger partial charge in [-0.15, -0.1) is 0 Å². The molecule has 0 radical (unpaired) electrons. The van der Waals surface area contributed by atoms with Crippen molar-refractivity contribution < 1.29 is 9.47 Å². The molecule has 176 valence electrons. The van der Waals surface area contributed by atoms with E-state index in [0.29, 0.717) is 6.42 Å². The molecule has 36 heavy (non-hydrogen) atoms. The second kappa shape index (κ2) is 7.71. The van der Waals surface area contributed by atoms with Crippen molar-refractivity contribution in [2.45, 2.75) is 17.6 Å². The maximum absolute atomic E-state index is 6.10. The third kappa shape index (κ3) is 2.66. The zero-order valence-corrected chi connectivity index (χ0v) is 20.4. The van der Waals surface area contributed by atoms with Gasteiger partial charge in [0.2, 0.25) is 0 Å². The Morgan fingerprint density at radius 1 is 0.667 bits per heavy atom. The molecule has 3 heteroatoms. The highest BCUT2D eigenvalue weighted by molar-refractivity contribution is 5.97. The Kier molecular flexibility index (Phi) is 4.54. The molecule has 3 nitrogen and oxygen atoms in total. The summed E-state index contributed by atoms with van der Waals surface area (Å²) in [6, 6.07) is 33.2. The van der Waals surface area contributed by atoms with Crippen molar-refractivity contribution in [3.63, 3.8) is 0 Å². The van der Waals surface area contributed by atoms with Crippen molar-refractivity contribution in [1.29, 1.82) is 0 Å². The number of anilines is 1. The predicted molar refractivity (Wildman–Crippen MR) is 145 cm³/mol. The Labute approximate surface area is 211 Å². The quantitative estimate of drug-likeness (QED) is 0.275. The number of hydrogen-bond donors (Lipinski definition) is 1. The number of rotatable bonds is 4. The molecule has 4 aromatic carbocycles. The van der Waals surface area contributed by atoms with Gasteiger partial charge in [0.05, 0.1) is 12.5 Å². The first kappa shape index (κ1) is 21.2. The molecule has 0 amide bonds. The summed E-state index contributed by atoms with van der Waals surface area (Å²) >= 11 is 0. The zero-order chi connectivity index (χ0) is 24.3. The Balaban J connectivity index is 1.52. The molecule has 4 aromatic rings. The van der Waals surface area contributed by atoms with E-state index in [1.807, 2.05) is 6.08 Å². The Hall–Kier alpha value is -4.08. The smallest absolute Gasteiger partial charge is 0.161 e. The highest BCUT2D eigenvalue weighted by atomic mass is 16.5. The van der Waals surface area contributed by atoms with E-state index in [4.69, 9.17) is 9.47 Å².